The van der Waals surface area contributed by atoms with Crippen molar-refractivity contribution in [1.29, 1.82) is 0 Å². The number of alkyl halides is 3. The van der Waals surface area contributed by atoms with Gasteiger partial charge in [-0.1, -0.05) is 0 Å². The van der Waals surface area contributed by atoms with E-state index >= 15 is 0 Å². The number of hydrogen-bond donors (Lipinski definition) is 1. The Hall–Kier alpha value is -2.27. The maximum atomic E-state index is 13.7. The summed E-state index contributed by atoms with van der Waals surface area (Å²) in [7, 11) is -4.29. The van der Waals surface area contributed by atoms with Crippen LogP contribution in [0.5, 0.6) is 0 Å². The summed E-state index contributed by atoms with van der Waals surface area (Å²) in [4.78, 5) is 4.57. The zero-order valence-corrected chi connectivity index (χ0v) is 14.5. The van der Waals surface area contributed by atoms with Crippen LogP contribution in [0.2, 0.25) is 0 Å². The number of nitrogens with one attached hydrogen (secondary N) is 1. The van der Waals surface area contributed by atoms with Crippen molar-refractivity contribution in [1.82, 2.24) is 9.71 Å². The predicted octanol–water partition coefficient (Wildman–Crippen LogP) is 2.94. The first-order chi connectivity index (χ1) is 12.6. The molecule has 1 unspecified atom stereocenters. The molecular weight excluding hydrogens is 393 g/mol. The van der Waals surface area contributed by atoms with Crippen molar-refractivity contribution in [2.75, 3.05) is 18.0 Å². The van der Waals surface area contributed by atoms with Gasteiger partial charge in [0.1, 0.15) is 22.3 Å². The Kier molecular flexibility index (Phi) is 5.08. The summed E-state index contributed by atoms with van der Waals surface area (Å²) in [6, 6.07) is 3.58. The molecule has 1 aliphatic rings. The first-order valence-corrected chi connectivity index (χ1v) is 9.30. The van der Waals surface area contributed by atoms with Crippen LogP contribution in [0.25, 0.3) is 0 Å². The molecule has 5 nitrogen and oxygen atoms in total. The molecule has 2 aromatic rings. The molecule has 0 spiro atoms. The summed E-state index contributed by atoms with van der Waals surface area (Å²) in [5, 5.41) is 0. The molecule has 1 fully saturated rings. The Morgan fingerprint density at radius 2 is 1.89 bits per heavy atom. The van der Waals surface area contributed by atoms with Crippen LogP contribution in [-0.4, -0.2) is 32.5 Å². The van der Waals surface area contributed by atoms with E-state index in [0.29, 0.717) is 25.2 Å². The molecule has 11 heteroatoms. The fourth-order valence-corrected chi connectivity index (χ4v) is 4.12. The Morgan fingerprint density at radius 3 is 2.52 bits per heavy atom. The van der Waals surface area contributed by atoms with E-state index in [1.807, 2.05) is 0 Å². The SMILES string of the molecule is O=S(=O)(NC1CCN(c2ccc(C(F)(F)F)cn2)C1)c1cc(F)ccc1F. The molecule has 146 valence electrons. The van der Waals surface area contributed by atoms with E-state index < -0.39 is 44.3 Å². The zero-order valence-electron chi connectivity index (χ0n) is 13.7. The summed E-state index contributed by atoms with van der Waals surface area (Å²) in [6.45, 7) is 0.478. The molecule has 1 aliphatic heterocycles. The maximum absolute atomic E-state index is 13.7. The van der Waals surface area contributed by atoms with Gasteiger partial charge in [0.05, 0.1) is 5.56 Å². The van der Waals surface area contributed by atoms with E-state index in [4.69, 9.17) is 0 Å². The molecule has 0 radical (unpaired) electrons. The minimum absolute atomic E-state index is 0.133. The number of pyridine rings is 1. The second-order valence-corrected chi connectivity index (χ2v) is 7.71. The van der Waals surface area contributed by atoms with Crippen LogP contribution in [-0.2, 0) is 16.2 Å². The lowest BCUT2D eigenvalue weighted by Gasteiger charge is -2.18. The lowest BCUT2D eigenvalue weighted by molar-refractivity contribution is -0.137. The van der Waals surface area contributed by atoms with Gasteiger partial charge in [0, 0.05) is 25.3 Å². The van der Waals surface area contributed by atoms with Crippen molar-refractivity contribution in [3.63, 3.8) is 0 Å². The Morgan fingerprint density at radius 1 is 1.15 bits per heavy atom. The topological polar surface area (TPSA) is 62.3 Å². The molecule has 1 N–H and O–H groups in total. The second kappa shape index (κ2) is 7.04. The Bertz CT molecular complexity index is 932. The third-order valence-electron chi connectivity index (χ3n) is 4.09. The van der Waals surface area contributed by atoms with Gasteiger partial charge in [0.25, 0.3) is 0 Å². The van der Waals surface area contributed by atoms with Gasteiger partial charge < -0.3 is 4.90 Å². The largest absolute Gasteiger partial charge is 0.417 e. The van der Waals surface area contributed by atoms with Gasteiger partial charge in [-0.15, -0.1) is 0 Å². The van der Waals surface area contributed by atoms with Gasteiger partial charge in [-0.2, -0.15) is 13.2 Å². The molecule has 27 heavy (non-hydrogen) atoms. The van der Waals surface area contributed by atoms with Crippen LogP contribution >= 0.6 is 0 Å². The Balaban J connectivity index is 1.70. The van der Waals surface area contributed by atoms with Gasteiger partial charge in [0.2, 0.25) is 10.0 Å². The number of sulfonamides is 1. The molecule has 2 heterocycles. The first-order valence-electron chi connectivity index (χ1n) is 7.82. The quantitative estimate of drug-likeness (QED) is 0.792. The van der Waals surface area contributed by atoms with Crippen LogP contribution in [0.15, 0.2) is 41.4 Å². The molecule has 3 rings (SSSR count). The van der Waals surface area contributed by atoms with E-state index in [9.17, 15) is 30.4 Å². The number of rotatable bonds is 4. The van der Waals surface area contributed by atoms with Crippen molar-refractivity contribution in [3.05, 3.63) is 53.7 Å². The minimum Gasteiger partial charge on any atom is -0.355 e. The number of halogens is 5. The highest BCUT2D eigenvalue weighted by molar-refractivity contribution is 7.89. The molecule has 1 aromatic heterocycles. The van der Waals surface area contributed by atoms with Crippen LogP contribution in [0, 0.1) is 11.6 Å². The van der Waals surface area contributed by atoms with Gasteiger partial charge in [-0.3, -0.25) is 0 Å². The number of anilines is 1. The second-order valence-electron chi connectivity index (χ2n) is 6.03. The standard InChI is InChI=1S/C16H14F5N3O2S/c17-11-2-3-13(18)14(7-11)27(25,26)23-12-5-6-24(9-12)15-4-1-10(8-22-15)16(19,20)21/h1-4,7-8,12,23H,5-6,9H2. The van der Waals surface area contributed by atoms with E-state index in [0.717, 1.165) is 18.2 Å². The summed E-state index contributed by atoms with van der Waals surface area (Å²) in [5.74, 6) is -1.71. The number of aromatic nitrogens is 1. The first kappa shape index (κ1) is 19.5. The average molecular weight is 407 g/mol. The average Bonchev–Trinajstić information content (AvgIpc) is 3.04. The number of hydrogen-bond acceptors (Lipinski definition) is 4. The van der Waals surface area contributed by atoms with Gasteiger partial charge >= 0.3 is 6.18 Å². The monoisotopic (exact) mass is 407 g/mol. The molecule has 1 aromatic carbocycles. The highest BCUT2D eigenvalue weighted by Crippen LogP contribution is 2.30. The van der Waals surface area contributed by atoms with Crippen molar-refractivity contribution in [2.45, 2.75) is 23.5 Å². The molecule has 0 saturated carbocycles. The lowest BCUT2D eigenvalue weighted by atomic mass is 10.3. The maximum Gasteiger partial charge on any atom is 0.417 e. The van der Waals surface area contributed by atoms with Gasteiger partial charge in [-0.05, 0) is 36.8 Å². The summed E-state index contributed by atoms with van der Waals surface area (Å²) >= 11 is 0. The minimum atomic E-state index is -4.50. The Labute approximate surface area is 151 Å². The molecular formula is C16H14F5N3O2S. The van der Waals surface area contributed by atoms with E-state index in [1.165, 1.54) is 6.07 Å². The lowest BCUT2D eigenvalue weighted by Crippen LogP contribution is -2.37. The fourth-order valence-electron chi connectivity index (χ4n) is 2.77. The van der Waals surface area contributed by atoms with Gasteiger partial charge in [-0.25, -0.2) is 26.9 Å². The zero-order chi connectivity index (χ0) is 19.8. The third kappa shape index (κ3) is 4.35. The van der Waals surface area contributed by atoms with Crippen LogP contribution in [0.1, 0.15) is 12.0 Å². The van der Waals surface area contributed by atoms with Gasteiger partial charge in [0.15, 0.2) is 0 Å². The van der Waals surface area contributed by atoms with Crippen LogP contribution in [0.4, 0.5) is 27.8 Å². The predicted molar refractivity (Wildman–Crippen MR) is 86.5 cm³/mol. The van der Waals surface area contributed by atoms with E-state index in [2.05, 4.69) is 9.71 Å². The summed E-state index contributed by atoms with van der Waals surface area (Å²) in [6.07, 6.45) is -3.46. The van der Waals surface area contributed by atoms with Crippen molar-refractivity contribution in [3.8, 4) is 0 Å². The van der Waals surface area contributed by atoms with Crippen molar-refractivity contribution < 1.29 is 30.4 Å². The smallest absolute Gasteiger partial charge is 0.355 e. The van der Waals surface area contributed by atoms with Crippen LogP contribution < -0.4 is 9.62 Å². The van der Waals surface area contributed by atoms with E-state index in [1.54, 1.807) is 4.90 Å². The molecule has 1 saturated heterocycles. The number of nitrogens with zero attached hydrogens (tertiary/aromatic N) is 2. The highest BCUT2D eigenvalue weighted by atomic mass is 32.2. The number of benzene rings is 1. The molecule has 0 amide bonds. The van der Waals surface area contributed by atoms with Crippen LogP contribution in [0.3, 0.4) is 0 Å². The molecule has 1 atom stereocenters. The molecule has 0 bridgehead atoms. The van der Waals surface area contributed by atoms with Crippen molar-refractivity contribution in [2.24, 2.45) is 0 Å². The third-order valence-corrected chi connectivity index (χ3v) is 5.63. The summed E-state index contributed by atoms with van der Waals surface area (Å²) < 4.78 is 91.5. The summed E-state index contributed by atoms with van der Waals surface area (Å²) in [5.41, 5.74) is -0.885. The molecule has 0 aliphatic carbocycles. The van der Waals surface area contributed by atoms with E-state index in [-0.39, 0.29) is 12.4 Å². The fraction of sp³-hybridized carbons (Fsp3) is 0.312. The normalized spacial score (nSPS) is 18.1. The van der Waals surface area contributed by atoms with Crippen molar-refractivity contribution >= 4 is 15.8 Å². The highest BCUT2D eigenvalue weighted by Gasteiger charge is 2.32.